The van der Waals surface area contributed by atoms with Gasteiger partial charge in [-0.05, 0) is 12.1 Å². The molecule has 1 unspecified atom stereocenters. The number of nitrogens with one attached hydrogen (secondary N) is 3. The van der Waals surface area contributed by atoms with E-state index in [2.05, 4.69) is 12.4 Å². The van der Waals surface area contributed by atoms with Gasteiger partial charge in [0.05, 0.1) is 38.9 Å². The van der Waals surface area contributed by atoms with Gasteiger partial charge in [0, 0.05) is 12.8 Å². The van der Waals surface area contributed by atoms with Gasteiger partial charge in [0.25, 0.3) is 5.91 Å². The molecule has 1 amide bonds. The van der Waals surface area contributed by atoms with Gasteiger partial charge in [0.1, 0.15) is 5.82 Å². The number of halogens is 1. The summed E-state index contributed by atoms with van der Waals surface area (Å²) in [7, 11) is 4.25. The number of quaternary nitrogens is 2. The molecule has 1 aromatic carbocycles. The number of piperidine rings is 1. The minimum Gasteiger partial charge on any atom is -0.337 e. The molecule has 3 N–H and O–H groups in total. The first-order valence-electron chi connectivity index (χ1n) is 7.24. The average molecular weight is 281 g/mol. The van der Waals surface area contributed by atoms with Crippen LogP contribution in [0.5, 0.6) is 0 Å². The fraction of sp³-hybridized carbons (Fsp3) is 0.533. The molecule has 1 aliphatic heterocycles. The van der Waals surface area contributed by atoms with E-state index in [1.807, 2.05) is 7.05 Å². The molecule has 1 heterocycles. The Morgan fingerprint density at radius 1 is 1.40 bits per heavy atom. The normalized spacial score (nSPS) is 24.1. The van der Waals surface area contributed by atoms with Crippen LogP contribution in [0.3, 0.4) is 0 Å². The fourth-order valence-corrected chi connectivity index (χ4v) is 2.76. The largest absolute Gasteiger partial charge is 0.337 e. The Labute approximate surface area is 119 Å². The summed E-state index contributed by atoms with van der Waals surface area (Å²) in [6.45, 7) is 2.71. The number of carbonyl (C=O) groups is 1. The zero-order chi connectivity index (χ0) is 14.5. The lowest BCUT2D eigenvalue weighted by Gasteiger charge is -2.30. The Hall–Kier alpha value is -1.46. The molecule has 0 spiro atoms. The van der Waals surface area contributed by atoms with Crippen molar-refractivity contribution < 1.29 is 19.0 Å². The van der Waals surface area contributed by atoms with Crippen molar-refractivity contribution in [2.24, 2.45) is 0 Å². The highest BCUT2D eigenvalue weighted by Gasteiger charge is 2.27. The Morgan fingerprint density at radius 2 is 2.05 bits per heavy atom. The monoisotopic (exact) mass is 281 g/mol. The summed E-state index contributed by atoms with van der Waals surface area (Å²) < 4.78 is 13.5. The number of rotatable bonds is 4. The lowest BCUT2D eigenvalue weighted by atomic mass is 10.0. The van der Waals surface area contributed by atoms with E-state index < -0.39 is 0 Å². The first-order chi connectivity index (χ1) is 9.56. The predicted octanol–water partition coefficient (Wildman–Crippen LogP) is -1.04. The van der Waals surface area contributed by atoms with Crippen molar-refractivity contribution in [2.75, 3.05) is 39.0 Å². The Kier molecular flexibility index (Phi) is 5.09. The molecule has 110 valence electrons. The number of hydrogen-bond acceptors (Lipinski definition) is 1. The molecule has 2 rings (SSSR count). The summed E-state index contributed by atoms with van der Waals surface area (Å²) in [4.78, 5) is 14.8. The van der Waals surface area contributed by atoms with E-state index in [0.29, 0.717) is 12.6 Å². The number of anilines is 1. The van der Waals surface area contributed by atoms with Crippen molar-refractivity contribution in [3.05, 3.63) is 30.1 Å². The van der Waals surface area contributed by atoms with Crippen LogP contribution >= 0.6 is 0 Å². The molecular weight excluding hydrogens is 257 g/mol. The lowest BCUT2D eigenvalue weighted by Crippen LogP contribution is -3.18. The number of likely N-dealkylation sites (tertiary alicyclic amines) is 1. The number of carbonyl (C=O) groups excluding carboxylic acids is 1. The van der Waals surface area contributed by atoms with E-state index in [-0.39, 0.29) is 17.4 Å². The Bertz CT molecular complexity index is 458. The van der Waals surface area contributed by atoms with Crippen molar-refractivity contribution in [1.29, 1.82) is 0 Å². The predicted molar refractivity (Wildman–Crippen MR) is 76.4 cm³/mol. The summed E-state index contributed by atoms with van der Waals surface area (Å²) in [5.74, 6) is -0.514. The second kappa shape index (κ2) is 6.81. The van der Waals surface area contributed by atoms with Crippen LogP contribution < -0.4 is 15.1 Å². The second-order valence-electron chi connectivity index (χ2n) is 5.78. The van der Waals surface area contributed by atoms with Crippen molar-refractivity contribution in [3.63, 3.8) is 0 Å². The van der Waals surface area contributed by atoms with Gasteiger partial charge in [-0.1, -0.05) is 12.1 Å². The quantitative estimate of drug-likeness (QED) is 0.648. The molecular formula is C15H24FN3O+2. The average Bonchev–Trinajstić information content (AvgIpc) is 2.42. The van der Waals surface area contributed by atoms with Crippen LogP contribution in [0, 0.1) is 5.82 Å². The highest BCUT2D eigenvalue weighted by Crippen LogP contribution is 2.11. The van der Waals surface area contributed by atoms with E-state index in [9.17, 15) is 9.18 Å². The third-order valence-corrected chi connectivity index (χ3v) is 4.12. The van der Waals surface area contributed by atoms with Crippen molar-refractivity contribution >= 4 is 11.6 Å². The first-order valence-corrected chi connectivity index (χ1v) is 7.24. The van der Waals surface area contributed by atoms with Crippen molar-refractivity contribution in [3.8, 4) is 0 Å². The number of para-hydroxylation sites is 1. The van der Waals surface area contributed by atoms with Crippen molar-refractivity contribution in [1.82, 2.24) is 0 Å². The van der Waals surface area contributed by atoms with Crippen LogP contribution in [-0.2, 0) is 4.79 Å². The van der Waals surface area contributed by atoms with Crippen molar-refractivity contribution in [2.45, 2.75) is 18.9 Å². The molecule has 20 heavy (non-hydrogen) atoms. The van der Waals surface area contributed by atoms with Crippen LogP contribution in [-0.4, -0.2) is 45.7 Å². The van der Waals surface area contributed by atoms with Crippen LogP contribution in [0.25, 0.3) is 0 Å². The Balaban J connectivity index is 1.84. The van der Waals surface area contributed by atoms with Gasteiger partial charge in [-0.25, -0.2) is 4.39 Å². The first kappa shape index (κ1) is 14.9. The minimum atomic E-state index is -0.388. The maximum absolute atomic E-state index is 13.5. The highest BCUT2D eigenvalue weighted by atomic mass is 19.1. The highest BCUT2D eigenvalue weighted by molar-refractivity contribution is 5.91. The fourth-order valence-electron chi connectivity index (χ4n) is 2.76. The third-order valence-electron chi connectivity index (χ3n) is 4.12. The maximum atomic E-state index is 13.5. The molecule has 0 aromatic heterocycles. The van der Waals surface area contributed by atoms with Gasteiger partial charge in [0.15, 0.2) is 6.54 Å². The summed E-state index contributed by atoms with van der Waals surface area (Å²) in [6, 6.07) is 6.80. The summed E-state index contributed by atoms with van der Waals surface area (Å²) in [6.07, 6.45) is 2.29. The van der Waals surface area contributed by atoms with Crippen LogP contribution in [0.4, 0.5) is 10.1 Å². The molecule has 1 fully saturated rings. The molecule has 1 aliphatic rings. The topological polar surface area (TPSA) is 38.0 Å². The number of amides is 1. The number of hydrogen-bond donors (Lipinski definition) is 3. The maximum Gasteiger partial charge on any atom is 0.279 e. The third kappa shape index (κ3) is 4.02. The second-order valence-corrected chi connectivity index (χ2v) is 5.78. The van der Waals surface area contributed by atoms with Gasteiger partial charge in [-0.3, -0.25) is 4.79 Å². The van der Waals surface area contributed by atoms with E-state index >= 15 is 0 Å². The van der Waals surface area contributed by atoms with Crippen LogP contribution in [0.15, 0.2) is 24.3 Å². The van der Waals surface area contributed by atoms with Gasteiger partial charge in [-0.15, -0.1) is 0 Å². The van der Waals surface area contributed by atoms with E-state index in [1.165, 1.54) is 11.0 Å². The molecule has 1 aromatic rings. The molecule has 0 bridgehead atoms. The molecule has 1 saturated heterocycles. The zero-order valence-electron chi connectivity index (χ0n) is 12.2. The lowest BCUT2D eigenvalue weighted by molar-refractivity contribution is -0.935. The zero-order valence-corrected chi connectivity index (χ0v) is 12.2. The van der Waals surface area contributed by atoms with E-state index in [4.69, 9.17) is 0 Å². The minimum absolute atomic E-state index is 0.126. The number of benzene rings is 1. The smallest absolute Gasteiger partial charge is 0.279 e. The molecule has 1 atom stereocenters. The molecule has 5 heteroatoms. The van der Waals surface area contributed by atoms with Gasteiger partial charge in [-0.2, -0.15) is 0 Å². The van der Waals surface area contributed by atoms with Gasteiger partial charge < -0.3 is 15.1 Å². The van der Waals surface area contributed by atoms with Gasteiger partial charge >= 0.3 is 0 Å². The van der Waals surface area contributed by atoms with Gasteiger partial charge in [0.2, 0.25) is 0 Å². The van der Waals surface area contributed by atoms with E-state index in [1.54, 1.807) is 23.1 Å². The summed E-state index contributed by atoms with van der Waals surface area (Å²) in [5.41, 5.74) is 0.262. The summed E-state index contributed by atoms with van der Waals surface area (Å²) in [5, 5.41) is 2.65. The SMILES string of the molecule is C[NH+]1CCC([NH+](C)CC(=O)Nc2ccccc2F)CC1. The van der Waals surface area contributed by atoms with Crippen LogP contribution in [0.1, 0.15) is 12.8 Å². The molecule has 4 nitrogen and oxygen atoms in total. The number of likely N-dealkylation sites (N-methyl/N-ethyl adjacent to an activating group) is 1. The molecule has 0 saturated carbocycles. The molecule has 0 aliphatic carbocycles. The van der Waals surface area contributed by atoms with Crippen LogP contribution in [0.2, 0.25) is 0 Å². The summed E-state index contributed by atoms with van der Waals surface area (Å²) >= 11 is 0. The molecule has 0 radical (unpaired) electrons. The standard InChI is InChI=1S/C15H22FN3O/c1-18-9-7-12(8-10-18)19(2)11-15(20)17-14-6-4-3-5-13(14)16/h3-6,12H,7-11H2,1-2H3,(H,17,20)/p+2. The van der Waals surface area contributed by atoms with E-state index in [0.717, 1.165) is 25.9 Å². The Morgan fingerprint density at radius 3 is 2.70 bits per heavy atom.